The van der Waals surface area contributed by atoms with Gasteiger partial charge in [-0.05, 0) is 47.8 Å². The van der Waals surface area contributed by atoms with Crippen LogP contribution in [0.2, 0.25) is 5.02 Å². The molecule has 3 heterocycles. The van der Waals surface area contributed by atoms with Crippen molar-refractivity contribution in [3.05, 3.63) is 73.0 Å². The highest BCUT2D eigenvalue weighted by atomic mass is 35.5. The minimum atomic E-state index is -0.642. The highest BCUT2D eigenvalue weighted by Gasteiger charge is 2.19. The summed E-state index contributed by atoms with van der Waals surface area (Å²) in [6.45, 7) is 2.30. The summed E-state index contributed by atoms with van der Waals surface area (Å²) in [7, 11) is 0. The molecule has 140 valence electrons. The molecule has 0 atom stereocenters. The molecule has 0 fully saturated rings. The van der Waals surface area contributed by atoms with E-state index in [4.69, 9.17) is 16.0 Å². The van der Waals surface area contributed by atoms with Crippen LogP contribution in [0.1, 0.15) is 39.4 Å². The van der Waals surface area contributed by atoms with E-state index in [0.717, 1.165) is 12.8 Å². The van der Waals surface area contributed by atoms with E-state index in [0.29, 0.717) is 16.4 Å². The van der Waals surface area contributed by atoms with E-state index in [-0.39, 0.29) is 17.4 Å². The van der Waals surface area contributed by atoms with Crippen molar-refractivity contribution >= 4 is 40.6 Å². The summed E-state index contributed by atoms with van der Waals surface area (Å²) >= 11 is 7.28. The maximum Gasteiger partial charge on any atom is 0.408 e. The van der Waals surface area contributed by atoms with Crippen LogP contribution in [0.25, 0.3) is 6.08 Å². The molecular formula is C18H16ClN3O4S. The van der Waals surface area contributed by atoms with Gasteiger partial charge in [0, 0.05) is 4.88 Å². The van der Waals surface area contributed by atoms with Gasteiger partial charge in [-0.1, -0.05) is 24.9 Å². The molecule has 0 radical (unpaired) electrons. The first-order valence-electron chi connectivity index (χ1n) is 8.23. The summed E-state index contributed by atoms with van der Waals surface area (Å²) in [6.07, 6.45) is 6.46. The van der Waals surface area contributed by atoms with Crippen LogP contribution in [0.3, 0.4) is 0 Å². The second kappa shape index (κ2) is 8.32. The number of aromatic nitrogens is 2. The van der Waals surface area contributed by atoms with Gasteiger partial charge in [0.2, 0.25) is 0 Å². The first-order valence-corrected chi connectivity index (χ1v) is 9.43. The molecule has 9 heteroatoms. The second-order valence-corrected chi connectivity index (χ2v) is 7.35. The minimum Gasteiger partial charge on any atom is -0.460 e. The quantitative estimate of drug-likeness (QED) is 0.228. The van der Waals surface area contributed by atoms with Crippen molar-refractivity contribution in [3.8, 4) is 0 Å². The molecule has 3 aromatic heterocycles. The van der Waals surface area contributed by atoms with Gasteiger partial charge in [0.15, 0.2) is 10.8 Å². The number of halogens is 1. The van der Waals surface area contributed by atoms with E-state index < -0.39 is 10.7 Å². The van der Waals surface area contributed by atoms with Gasteiger partial charge in [-0.3, -0.25) is 4.79 Å². The van der Waals surface area contributed by atoms with Gasteiger partial charge in [-0.25, -0.2) is 0 Å². The van der Waals surface area contributed by atoms with Crippen LogP contribution in [0, 0.1) is 10.1 Å². The Morgan fingerprint density at radius 3 is 2.93 bits per heavy atom. The molecule has 3 aromatic rings. The lowest BCUT2D eigenvalue weighted by atomic mass is 10.2. The van der Waals surface area contributed by atoms with Gasteiger partial charge >= 0.3 is 5.82 Å². The Hall–Kier alpha value is -2.71. The summed E-state index contributed by atoms with van der Waals surface area (Å²) in [6, 6.07) is 7.25. The average molecular weight is 406 g/mol. The molecule has 7 nitrogen and oxygen atoms in total. The number of rotatable bonds is 8. The highest BCUT2D eigenvalue weighted by Crippen LogP contribution is 2.23. The van der Waals surface area contributed by atoms with E-state index in [1.165, 1.54) is 33.2 Å². The van der Waals surface area contributed by atoms with Gasteiger partial charge in [-0.15, -0.1) is 11.3 Å². The molecule has 0 spiro atoms. The Bertz CT molecular complexity index is 1000. The summed E-state index contributed by atoms with van der Waals surface area (Å²) in [5, 5.41) is 14.5. The number of furan rings is 1. The van der Waals surface area contributed by atoms with Crippen LogP contribution < -0.4 is 0 Å². The fourth-order valence-corrected chi connectivity index (χ4v) is 3.70. The summed E-state index contributed by atoms with van der Waals surface area (Å²) < 4.78 is 6.95. The zero-order valence-electron chi connectivity index (χ0n) is 14.4. The lowest BCUT2D eigenvalue weighted by molar-refractivity contribution is -0.389. The maximum absolute atomic E-state index is 12.2. The van der Waals surface area contributed by atoms with Crippen molar-refractivity contribution in [2.24, 2.45) is 0 Å². The summed E-state index contributed by atoms with van der Waals surface area (Å²) in [4.78, 5) is 24.3. The van der Waals surface area contributed by atoms with Gasteiger partial charge in [0.25, 0.3) is 0 Å². The Labute approximate surface area is 164 Å². The number of hydrogen-bond acceptors (Lipinski definition) is 6. The number of nitro groups is 1. The highest BCUT2D eigenvalue weighted by molar-refractivity contribution is 7.14. The van der Waals surface area contributed by atoms with E-state index >= 15 is 0 Å². The fraction of sp³-hybridized carbons (Fsp3) is 0.222. The van der Waals surface area contributed by atoms with Crippen LogP contribution >= 0.6 is 22.9 Å². The Morgan fingerprint density at radius 1 is 1.41 bits per heavy atom. The molecule has 0 N–H and O–H groups in total. The van der Waals surface area contributed by atoms with E-state index in [9.17, 15) is 14.9 Å². The molecule has 0 aliphatic rings. The molecule has 0 aromatic carbocycles. The van der Waals surface area contributed by atoms with Crippen LogP contribution in [-0.4, -0.2) is 20.5 Å². The Kier molecular flexibility index (Phi) is 5.88. The third-order valence-corrected chi connectivity index (χ3v) is 5.10. The number of nitrogens with zero attached hydrogens (tertiary/aromatic N) is 3. The zero-order valence-corrected chi connectivity index (χ0v) is 16.0. The molecule has 0 amide bonds. The lowest BCUT2D eigenvalue weighted by Crippen LogP contribution is -2.00. The summed E-state index contributed by atoms with van der Waals surface area (Å²) in [5.74, 6) is 0.580. The van der Waals surface area contributed by atoms with Crippen molar-refractivity contribution in [2.75, 3.05) is 0 Å². The third-order valence-electron chi connectivity index (χ3n) is 3.67. The van der Waals surface area contributed by atoms with Crippen molar-refractivity contribution < 1.29 is 14.1 Å². The van der Waals surface area contributed by atoms with Gasteiger partial charge in [-0.2, -0.15) is 4.68 Å². The van der Waals surface area contributed by atoms with Crippen molar-refractivity contribution in [3.63, 3.8) is 0 Å². The van der Waals surface area contributed by atoms with E-state index in [2.05, 4.69) is 12.0 Å². The van der Waals surface area contributed by atoms with E-state index in [1.54, 1.807) is 18.2 Å². The molecule has 0 saturated carbocycles. The number of aryl methyl sites for hydroxylation is 1. The second-order valence-electron chi connectivity index (χ2n) is 5.77. The predicted octanol–water partition coefficient (Wildman–Crippen LogP) is 5.00. The molecule has 0 saturated heterocycles. The molecule has 0 bridgehead atoms. The Morgan fingerprint density at radius 2 is 2.22 bits per heavy atom. The first kappa shape index (κ1) is 19.1. The molecule has 27 heavy (non-hydrogen) atoms. The number of thiophene rings is 1. The zero-order chi connectivity index (χ0) is 19.4. The van der Waals surface area contributed by atoms with E-state index in [1.807, 2.05) is 12.1 Å². The number of ketones is 1. The summed E-state index contributed by atoms with van der Waals surface area (Å²) in [5.41, 5.74) is 0. The third kappa shape index (κ3) is 4.72. The topological polar surface area (TPSA) is 91.2 Å². The van der Waals surface area contributed by atoms with Crippen molar-refractivity contribution in [2.45, 2.75) is 26.3 Å². The molecule has 0 unspecified atom stereocenters. The Balaban J connectivity index is 1.64. The molecule has 3 rings (SSSR count). The molecule has 0 aliphatic carbocycles. The number of allylic oxidation sites excluding steroid dienone is 1. The number of carbonyl (C=O) groups excluding carboxylic acids is 1. The average Bonchev–Trinajstić information content (AvgIpc) is 3.34. The standard InChI is InChI=1S/C18H16ClN3O4S/c1-2-3-14-7-9-17(27-14)16(23)8-6-12-4-5-13(26-12)10-21-11-15(19)18(20-21)22(24)25/h4-9,11H,2-3,10H2,1H3/b8-6+. The van der Waals surface area contributed by atoms with Crippen molar-refractivity contribution in [1.29, 1.82) is 0 Å². The monoisotopic (exact) mass is 405 g/mol. The largest absolute Gasteiger partial charge is 0.460 e. The smallest absolute Gasteiger partial charge is 0.408 e. The fourth-order valence-electron chi connectivity index (χ4n) is 2.45. The van der Waals surface area contributed by atoms with Crippen LogP contribution in [0.5, 0.6) is 0 Å². The molecule has 0 aliphatic heterocycles. The normalized spacial score (nSPS) is 11.3. The SMILES string of the molecule is CCCc1ccc(C(=O)/C=C/c2ccc(Cn3cc(Cl)c([N+](=O)[O-])n3)o2)s1. The van der Waals surface area contributed by atoms with Crippen LogP contribution in [-0.2, 0) is 13.0 Å². The first-order chi connectivity index (χ1) is 13.0. The molecular weight excluding hydrogens is 390 g/mol. The predicted molar refractivity (Wildman–Crippen MR) is 103 cm³/mol. The maximum atomic E-state index is 12.2. The number of hydrogen-bond donors (Lipinski definition) is 0. The van der Waals surface area contributed by atoms with Gasteiger partial charge in [0.05, 0.1) is 16.2 Å². The minimum absolute atomic E-state index is 0.0318. The van der Waals surface area contributed by atoms with Crippen molar-refractivity contribution in [1.82, 2.24) is 9.78 Å². The van der Waals surface area contributed by atoms with Gasteiger partial charge < -0.3 is 14.5 Å². The lowest BCUT2D eigenvalue weighted by Gasteiger charge is -1.93. The number of carbonyl (C=O) groups is 1. The van der Waals surface area contributed by atoms with Crippen LogP contribution in [0.4, 0.5) is 5.82 Å². The van der Waals surface area contributed by atoms with Gasteiger partial charge in [0.1, 0.15) is 18.1 Å². The van der Waals surface area contributed by atoms with Crippen LogP contribution in [0.15, 0.2) is 41.0 Å².